The molecule has 190 valence electrons. The Labute approximate surface area is 216 Å². The van der Waals surface area contributed by atoms with Gasteiger partial charge in [0.2, 0.25) is 0 Å². The SMILES string of the molecule is Cc1c(-c2ccc3c(c2)C2(CCCC2)CN3C(=O)NCc2ccc(S([NH3+])(=O)=O)cc2)ccc2c1C=N[NH2+]2. The lowest BCUT2D eigenvalue weighted by atomic mass is 9.79. The summed E-state index contributed by atoms with van der Waals surface area (Å²) in [5, 5.41) is 10.5. The van der Waals surface area contributed by atoms with E-state index in [9.17, 15) is 13.2 Å². The first-order valence-corrected chi connectivity index (χ1v) is 14.3. The van der Waals surface area contributed by atoms with Crippen molar-refractivity contribution in [2.24, 2.45) is 5.10 Å². The number of rotatable bonds is 4. The lowest BCUT2D eigenvalue weighted by molar-refractivity contribution is -0.573. The van der Waals surface area contributed by atoms with Gasteiger partial charge in [-0.15, -0.1) is 0 Å². The lowest BCUT2D eigenvalue weighted by Gasteiger charge is -2.25. The number of quaternary nitrogens is 2. The number of nitrogens with zero attached hydrogens (tertiary/aromatic N) is 2. The molecule has 0 aromatic heterocycles. The molecule has 3 aromatic carbocycles. The molecular formula is C28H31N5O3S+2. The van der Waals surface area contributed by atoms with Crippen molar-refractivity contribution in [1.29, 1.82) is 0 Å². The van der Waals surface area contributed by atoms with Crippen LogP contribution >= 0.6 is 0 Å². The van der Waals surface area contributed by atoms with Gasteiger partial charge in [0.05, 0.1) is 11.8 Å². The van der Waals surface area contributed by atoms with E-state index in [1.54, 1.807) is 12.1 Å². The van der Waals surface area contributed by atoms with Gasteiger partial charge >= 0.3 is 16.1 Å². The third kappa shape index (κ3) is 4.13. The van der Waals surface area contributed by atoms with Crippen LogP contribution in [-0.4, -0.2) is 27.2 Å². The summed E-state index contributed by atoms with van der Waals surface area (Å²) < 4.78 is 23.2. The molecule has 8 nitrogen and oxygen atoms in total. The first-order chi connectivity index (χ1) is 17.7. The molecule has 0 saturated heterocycles. The highest BCUT2D eigenvalue weighted by atomic mass is 32.2. The van der Waals surface area contributed by atoms with Crippen molar-refractivity contribution in [3.05, 3.63) is 76.9 Å². The Morgan fingerprint density at radius 1 is 1.11 bits per heavy atom. The number of hydrogen-bond acceptors (Lipinski definition) is 4. The van der Waals surface area contributed by atoms with Gasteiger partial charge in [0.15, 0.2) is 5.69 Å². The van der Waals surface area contributed by atoms with Gasteiger partial charge in [0.1, 0.15) is 4.90 Å². The summed E-state index contributed by atoms with van der Waals surface area (Å²) in [7, 11) is -3.49. The second-order valence-electron chi connectivity index (χ2n) is 10.4. The first-order valence-electron chi connectivity index (χ1n) is 12.6. The van der Waals surface area contributed by atoms with Crippen molar-refractivity contribution in [3.8, 4) is 11.1 Å². The molecule has 1 saturated carbocycles. The van der Waals surface area contributed by atoms with E-state index in [4.69, 9.17) is 0 Å². The van der Waals surface area contributed by atoms with Crippen LogP contribution in [0.4, 0.5) is 16.2 Å². The van der Waals surface area contributed by atoms with Gasteiger partial charge in [0, 0.05) is 30.3 Å². The topological polar surface area (TPSA) is 123 Å². The van der Waals surface area contributed by atoms with Gasteiger partial charge in [-0.3, -0.25) is 4.90 Å². The molecule has 0 atom stereocenters. The van der Waals surface area contributed by atoms with Crippen molar-refractivity contribution < 1.29 is 23.8 Å². The second-order valence-corrected chi connectivity index (χ2v) is 12.1. The zero-order valence-electron chi connectivity index (χ0n) is 20.8. The number of nitrogens with one attached hydrogen (secondary N) is 1. The zero-order chi connectivity index (χ0) is 25.8. The van der Waals surface area contributed by atoms with Crippen LogP contribution in [0, 0.1) is 6.92 Å². The summed E-state index contributed by atoms with van der Waals surface area (Å²) in [5.74, 6) is 0. The largest absolute Gasteiger partial charge is 0.334 e. The summed E-state index contributed by atoms with van der Waals surface area (Å²) >= 11 is 0. The van der Waals surface area contributed by atoms with Crippen molar-refractivity contribution in [3.63, 3.8) is 0 Å². The molecule has 1 aliphatic carbocycles. The van der Waals surface area contributed by atoms with E-state index in [1.807, 2.05) is 16.5 Å². The van der Waals surface area contributed by atoms with Crippen LogP contribution < -0.4 is 20.8 Å². The van der Waals surface area contributed by atoms with Crippen molar-refractivity contribution in [1.82, 2.24) is 5.32 Å². The number of carbonyl (C=O) groups is 1. The Bertz CT molecular complexity index is 1540. The maximum absolute atomic E-state index is 13.4. The molecule has 0 bridgehead atoms. The van der Waals surface area contributed by atoms with Crippen LogP contribution in [0.15, 0.2) is 64.6 Å². The lowest BCUT2D eigenvalue weighted by Crippen LogP contribution is -2.69. The van der Waals surface area contributed by atoms with E-state index in [1.165, 1.54) is 52.8 Å². The minimum Gasteiger partial charge on any atom is -0.334 e. The maximum Gasteiger partial charge on any atom is 0.322 e. The highest BCUT2D eigenvalue weighted by molar-refractivity contribution is 7.84. The van der Waals surface area contributed by atoms with Gasteiger partial charge in [-0.25, -0.2) is 9.93 Å². The fourth-order valence-electron chi connectivity index (χ4n) is 6.12. The van der Waals surface area contributed by atoms with E-state index in [2.05, 4.69) is 52.8 Å². The molecule has 1 fully saturated rings. The molecule has 37 heavy (non-hydrogen) atoms. The quantitative estimate of drug-likeness (QED) is 0.364. The molecule has 6 rings (SSSR count). The van der Waals surface area contributed by atoms with Crippen LogP contribution in [0.5, 0.6) is 0 Å². The minimum atomic E-state index is -3.49. The minimum absolute atomic E-state index is 0.00726. The number of benzene rings is 3. The van der Waals surface area contributed by atoms with E-state index >= 15 is 0 Å². The number of urea groups is 1. The molecule has 0 radical (unpaired) electrons. The Hall–Kier alpha value is -3.53. The number of sulfonamides is 1. The van der Waals surface area contributed by atoms with E-state index in [-0.39, 0.29) is 16.3 Å². The van der Waals surface area contributed by atoms with Crippen molar-refractivity contribution >= 4 is 33.6 Å². The number of anilines is 1. The molecular weight excluding hydrogens is 486 g/mol. The van der Waals surface area contributed by atoms with Gasteiger partial charge in [0.25, 0.3) is 0 Å². The summed E-state index contributed by atoms with van der Waals surface area (Å²) in [4.78, 5) is 15.4. The molecule has 6 N–H and O–H groups in total. The number of carbonyl (C=O) groups excluding carboxylic acids is 1. The number of fused-ring (bicyclic) bond motifs is 3. The summed E-state index contributed by atoms with van der Waals surface area (Å²) in [6.07, 6.45) is 6.44. The fraction of sp³-hybridized carbons (Fsp3) is 0.286. The predicted molar refractivity (Wildman–Crippen MR) is 142 cm³/mol. The fourth-order valence-corrected chi connectivity index (χ4v) is 6.67. The monoisotopic (exact) mass is 517 g/mol. The van der Waals surface area contributed by atoms with Crippen LogP contribution in [0.2, 0.25) is 0 Å². The van der Waals surface area contributed by atoms with E-state index in [0.717, 1.165) is 29.8 Å². The smallest absolute Gasteiger partial charge is 0.322 e. The third-order valence-electron chi connectivity index (χ3n) is 8.13. The van der Waals surface area contributed by atoms with E-state index in [0.29, 0.717) is 13.1 Å². The normalized spacial score (nSPS) is 17.3. The molecule has 1 spiro atoms. The van der Waals surface area contributed by atoms with Gasteiger partial charge in [-0.1, -0.05) is 36.1 Å². The van der Waals surface area contributed by atoms with Crippen molar-refractivity contribution in [2.75, 3.05) is 11.4 Å². The highest BCUT2D eigenvalue weighted by Gasteiger charge is 2.46. The molecule has 3 aliphatic rings. The third-order valence-corrected chi connectivity index (χ3v) is 9.12. The Kier molecular flexibility index (Phi) is 5.67. The van der Waals surface area contributed by atoms with Crippen LogP contribution in [0.25, 0.3) is 11.1 Å². The van der Waals surface area contributed by atoms with Crippen LogP contribution in [0.1, 0.15) is 47.9 Å². The standard InChI is InChI=1S/C28H29N5O3S/c1-18-22(9-10-25-23(18)16-31-32-25)20-6-11-26-24(14-20)28(12-2-3-13-28)17-33(26)27(34)30-15-19-4-7-21(8-5-19)37(29,35)36/h4-11,14,16H,2-3,12-13,15,17H2,1H3,(H,30,34)(H,31,32)(H2,29,35,36)/p+2. The van der Waals surface area contributed by atoms with Crippen LogP contribution in [-0.2, 0) is 22.0 Å². The van der Waals surface area contributed by atoms with Crippen molar-refractivity contribution in [2.45, 2.75) is 49.5 Å². The van der Waals surface area contributed by atoms with Gasteiger partial charge < -0.3 is 5.32 Å². The first kappa shape index (κ1) is 23.8. The Balaban J connectivity index is 1.28. The molecule has 2 amide bonds. The van der Waals surface area contributed by atoms with E-state index < -0.39 is 10.0 Å². The molecule has 2 aliphatic heterocycles. The van der Waals surface area contributed by atoms with Crippen LogP contribution in [0.3, 0.4) is 0 Å². The summed E-state index contributed by atoms with van der Waals surface area (Å²) in [5.41, 5.74) is 10.9. The predicted octanol–water partition coefficient (Wildman–Crippen LogP) is 2.68. The molecule has 2 heterocycles. The summed E-state index contributed by atoms with van der Waals surface area (Å²) in [6.45, 7) is 3.15. The number of hydrogen-bond donors (Lipinski definition) is 3. The molecule has 9 heteroatoms. The molecule has 0 unspecified atom stereocenters. The Morgan fingerprint density at radius 2 is 1.86 bits per heavy atom. The highest BCUT2D eigenvalue weighted by Crippen LogP contribution is 2.51. The summed E-state index contributed by atoms with van der Waals surface area (Å²) in [6, 6.07) is 17.2. The number of amides is 2. The average molecular weight is 518 g/mol. The maximum atomic E-state index is 13.4. The zero-order valence-corrected chi connectivity index (χ0v) is 21.6. The number of nitrogens with two attached hydrogens (primary N) is 1. The molecule has 3 aromatic rings. The Morgan fingerprint density at radius 3 is 2.59 bits per heavy atom. The second kappa shape index (κ2) is 8.79. The average Bonchev–Trinajstić information content (AvgIpc) is 3.63. The van der Waals surface area contributed by atoms with Gasteiger partial charge in [-0.05, 0) is 77.9 Å². The van der Waals surface area contributed by atoms with Gasteiger partial charge in [-0.2, -0.15) is 13.8 Å².